The molecule has 2 rings (SSSR count). The number of carbonyl (C=O) groups is 2. The van der Waals surface area contributed by atoms with Gasteiger partial charge in [-0.05, 0) is 52.4 Å². The second kappa shape index (κ2) is 8.12. The van der Waals surface area contributed by atoms with Gasteiger partial charge in [-0.25, -0.2) is 0 Å². The Hall–Kier alpha value is -2.40. The summed E-state index contributed by atoms with van der Waals surface area (Å²) in [6, 6.07) is 9.29. The van der Waals surface area contributed by atoms with E-state index in [2.05, 4.69) is 4.98 Å². The molecule has 0 radical (unpaired) electrons. The van der Waals surface area contributed by atoms with Gasteiger partial charge in [0.05, 0.1) is 11.7 Å². The number of carbonyl (C=O) groups excluding carboxylic acids is 2. The molecule has 25 heavy (non-hydrogen) atoms. The first kappa shape index (κ1) is 18.9. The third-order valence-electron chi connectivity index (χ3n) is 4.53. The molecular weight excluding hydrogens is 316 g/mol. The zero-order valence-corrected chi connectivity index (χ0v) is 15.6. The highest BCUT2D eigenvalue weighted by atomic mass is 16.5. The van der Waals surface area contributed by atoms with Crippen LogP contribution >= 0.6 is 0 Å². The molecule has 0 saturated heterocycles. The summed E-state index contributed by atoms with van der Waals surface area (Å²) >= 11 is 0. The van der Waals surface area contributed by atoms with Crippen molar-refractivity contribution in [2.75, 3.05) is 20.2 Å². The van der Waals surface area contributed by atoms with E-state index in [4.69, 9.17) is 4.74 Å². The van der Waals surface area contributed by atoms with Crippen molar-refractivity contribution in [2.45, 2.75) is 33.7 Å². The van der Waals surface area contributed by atoms with E-state index >= 15 is 0 Å². The Bertz CT molecular complexity index is 750. The van der Waals surface area contributed by atoms with E-state index in [0.29, 0.717) is 24.4 Å². The Morgan fingerprint density at radius 1 is 1.20 bits per heavy atom. The molecule has 0 saturated carbocycles. The number of nitrogens with zero attached hydrogens (tertiary/aromatic N) is 1. The van der Waals surface area contributed by atoms with Gasteiger partial charge in [-0.2, -0.15) is 0 Å². The molecule has 0 amide bonds. The number of ether oxygens (including phenoxy) is 1. The minimum Gasteiger partial charge on any atom is -0.492 e. The molecule has 0 aliphatic rings. The topological polar surface area (TPSA) is 62.4 Å². The highest BCUT2D eigenvalue weighted by Crippen LogP contribution is 2.20. The Morgan fingerprint density at radius 3 is 2.40 bits per heavy atom. The molecule has 0 spiro atoms. The van der Waals surface area contributed by atoms with Crippen LogP contribution in [0.1, 0.15) is 46.0 Å². The standard InChI is InChI=1S/C20H26N2O3/c1-13-18(16(4)23)14(2)21-19(13)20(24)15(3)22(5)11-12-25-17-9-7-6-8-10-17/h6-10,15,21H,11-12H2,1-5H3/t15-/m0/s1. The third kappa shape index (κ3) is 4.37. The molecule has 0 unspecified atom stereocenters. The van der Waals surface area contributed by atoms with Crippen LogP contribution < -0.4 is 4.74 Å². The van der Waals surface area contributed by atoms with Crippen LogP contribution in [0.25, 0.3) is 0 Å². The van der Waals surface area contributed by atoms with E-state index in [1.165, 1.54) is 6.92 Å². The summed E-state index contributed by atoms with van der Waals surface area (Å²) < 4.78 is 5.69. The van der Waals surface area contributed by atoms with E-state index in [1.54, 1.807) is 0 Å². The molecule has 0 aliphatic carbocycles. The van der Waals surface area contributed by atoms with Gasteiger partial charge in [0.2, 0.25) is 0 Å². The molecular formula is C20H26N2O3. The molecule has 1 aromatic heterocycles. The minimum absolute atomic E-state index is 0.0182. The van der Waals surface area contributed by atoms with Crippen LogP contribution in [0.2, 0.25) is 0 Å². The maximum atomic E-state index is 12.8. The van der Waals surface area contributed by atoms with Gasteiger partial charge in [-0.3, -0.25) is 14.5 Å². The zero-order chi connectivity index (χ0) is 18.6. The zero-order valence-electron chi connectivity index (χ0n) is 15.6. The van der Waals surface area contributed by atoms with Crippen molar-refractivity contribution in [1.82, 2.24) is 9.88 Å². The van der Waals surface area contributed by atoms with E-state index in [1.807, 2.05) is 63.1 Å². The fourth-order valence-electron chi connectivity index (χ4n) is 2.95. The van der Waals surface area contributed by atoms with Crippen molar-refractivity contribution >= 4 is 11.6 Å². The monoisotopic (exact) mass is 342 g/mol. The lowest BCUT2D eigenvalue weighted by Gasteiger charge is -2.23. The first-order chi connectivity index (χ1) is 11.8. The number of rotatable bonds is 8. The molecule has 2 aromatic rings. The fourth-order valence-corrected chi connectivity index (χ4v) is 2.95. The summed E-state index contributed by atoms with van der Waals surface area (Å²) in [5.74, 6) is 0.773. The number of aromatic amines is 1. The molecule has 1 atom stereocenters. The smallest absolute Gasteiger partial charge is 0.196 e. The number of aryl methyl sites for hydroxylation is 1. The van der Waals surface area contributed by atoms with Gasteiger partial charge in [0.25, 0.3) is 0 Å². The van der Waals surface area contributed by atoms with Crippen molar-refractivity contribution in [2.24, 2.45) is 0 Å². The van der Waals surface area contributed by atoms with E-state index in [9.17, 15) is 9.59 Å². The van der Waals surface area contributed by atoms with Crippen molar-refractivity contribution in [3.8, 4) is 5.75 Å². The number of nitrogens with one attached hydrogen (secondary N) is 1. The number of para-hydroxylation sites is 1. The second-order valence-electron chi connectivity index (χ2n) is 6.36. The summed E-state index contributed by atoms with van der Waals surface area (Å²) in [6.07, 6.45) is 0. The normalized spacial score (nSPS) is 12.2. The Balaban J connectivity index is 1.99. The van der Waals surface area contributed by atoms with Gasteiger partial charge in [-0.1, -0.05) is 18.2 Å². The minimum atomic E-state index is -0.309. The maximum absolute atomic E-state index is 12.8. The van der Waals surface area contributed by atoms with Crippen molar-refractivity contribution < 1.29 is 14.3 Å². The SMILES string of the molecule is CC(=O)c1c(C)[nH]c(C(=O)[C@H](C)N(C)CCOc2ccccc2)c1C. The number of aromatic nitrogens is 1. The predicted octanol–water partition coefficient (Wildman–Crippen LogP) is 3.42. The molecule has 0 fully saturated rings. The molecule has 1 heterocycles. The highest BCUT2D eigenvalue weighted by molar-refractivity contribution is 6.05. The van der Waals surface area contributed by atoms with Crippen LogP contribution in [0.3, 0.4) is 0 Å². The van der Waals surface area contributed by atoms with Crippen LogP contribution in [0.15, 0.2) is 30.3 Å². The number of Topliss-reactive ketones (excluding diaryl/α,β-unsaturated/α-hetero) is 2. The van der Waals surface area contributed by atoms with Gasteiger partial charge in [0.15, 0.2) is 11.6 Å². The van der Waals surface area contributed by atoms with Crippen molar-refractivity contribution in [3.63, 3.8) is 0 Å². The van der Waals surface area contributed by atoms with Gasteiger partial charge in [0, 0.05) is 17.8 Å². The maximum Gasteiger partial charge on any atom is 0.196 e. The largest absolute Gasteiger partial charge is 0.492 e. The average molecular weight is 342 g/mol. The number of likely N-dealkylation sites (N-methyl/N-ethyl adjacent to an activating group) is 1. The number of hydrogen-bond donors (Lipinski definition) is 1. The summed E-state index contributed by atoms with van der Waals surface area (Å²) in [5, 5.41) is 0. The molecule has 1 aromatic carbocycles. The van der Waals surface area contributed by atoms with Crippen molar-refractivity contribution in [1.29, 1.82) is 0 Å². The number of hydrogen-bond acceptors (Lipinski definition) is 4. The third-order valence-corrected chi connectivity index (χ3v) is 4.53. The second-order valence-corrected chi connectivity index (χ2v) is 6.36. The quantitative estimate of drug-likeness (QED) is 0.747. The van der Waals surface area contributed by atoms with Crippen LogP contribution in [-0.2, 0) is 0 Å². The number of benzene rings is 1. The number of ketones is 2. The van der Waals surface area contributed by atoms with E-state index in [0.717, 1.165) is 17.0 Å². The van der Waals surface area contributed by atoms with E-state index < -0.39 is 0 Å². The summed E-state index contributed by atoms with van der Waals surface area (Å²) in [7, 11) is 1.90. The van der Waals surface area contributed by atoms with Crippen LogP contribution in [0, 0.1) is 13.8 Å². The van der Waals surface area contributed by atoms with Crippen molar-refractivity contribution in [3.05, 3.63) is 52.8 Å². The first-order valence-electron chi connectivity index (χ1n) is 8.45. The van der Waals surface area contributed by atoms with Gasteiger partial charge in [0.1, 0.15) is 12.4 Å². The molecule has 134 valence electrons. The summed E-state index contributed by atoms with van der Waals surface area (Å²) in [4.78, 5) is 29.6. The molecule has 1 N–H and O–H groups in total. The van der Waals surface area contributed by atoms with Gasteiger partial charge >= 0.3 is 0 Å². The molecule has 5 nitrogen and oxygen atoms in total. The Morgan fingerprint density at radius 2 is 1.84 bits per heavy atom. The lowest BCUT2D eigenvalue weighted by molar-refractivity contribution is 0.0848. The van der Waals surface area contributed by atoms with E-state index in [-0.39, 0.29) is 17.6 Å². The van der Waals surface area contributed by atoms with Crippen LogP contribution in [0.5, 0.6) is 5.75 Å². The first-order valence-corrected chi connectivity index (χ1v) is 8.45. The Labute approximate surface area is 149 Å². The lowest BCUT2D eigenvalue weighted by atomic mass is 10.0. The predicted molar refractivity (Wildman–Crippen MR) is 98.6 cm³/mol. The lowest BCUT2D eigenvalue weighted by Crippen LogP contribution is -2.38. The van der Waals surface area contributed by atoms with Gasteiger partial charge < -0.3 is 9.72 Å². The highest BCUT2D eigenvalue weighted by Gasteiger charge is 2.25. The summed E-state index contributed by atoms with van der Waals surface area (Å²) in [6.45, 7) is 8.16. The molecule has 0 bridgehead atoms. The summed E-state index contributed by atoms with van der Waals surface area (Å²) in [5.41, 5.74) is 2.61. The average Bonchev–Trinajstić information content (AvgIpc) is 2.88. The van der Waals surface area contributed by atoms with Gasteiger partial charge in [-0.15, -0.1) is 0 Å². The van der Waals surface area contributed by atoms with Crippen LogP contribution in [-0.4, -0.2) is 47.7 Å². The number of H-pyrrole nitrogens is 1. The molecule has 0 aliphatic heterocycles. The fraction of sp³-hybridized carbons (Fsp3) is 0.400. The molecule has 5 heteroatoms. The Kier molecular flexibility index (Phi) is 6.15. The van der Waals surface area contributed by atoms with Crippen LogP contribution in [0.4, 0.5) is 0 Å².